The van der Waals surface area contributed by atoms with E-state index in [9.17, 15) is 14.4 Å². The number of esters is 1. The monoisotopic (exact) mass is 450 g/mol. The fraction of sp³-hybridized carbons (Fsp3) is 0.208. The molecule has 2 heterocycles. The zero-order valence-corrected chi connectivity index (χ0v) is 18.3. The molecule has 7 nitrogen and oxygen atoms in total. The Kier molecular flexibility index (Phi) is 6.61. The summed E-state index contributed by atoms with van der Waals surface area (Å²) >= 11 is 1.60. The first-order chi connectivity index (χ1) is 15.5. The van der Waals surface area contributed by atoms with Gasteiger partial charge in [0.1, 0.15) is 6.04 Å². The highest BCUT2D eigenvalue weighted by Gasteiger charge is 2.37. The van der Waals surface area contributed by atoms with Gasteiger partial charge in [-0.2, -0.15) is 0 Å². The zero-order chi connectivity index (χ0) is 22.5. The van der Waals surface area contributed by atoms with Gasteiger partial charge in [0.2, 0.25) is 0 Å². The van der Waals surface area contributed by atoms with E-state index in [4.69, 9.17) is 9.15 Å². The lowest BCUT2D eigenvalue weighted by atomic mass is 9.93. The molecule has 1 aliphatic rings. The van der Waals surface area contributed by atoms with Crippen molar-refractivity contribution in [1.29, 1.82) is 0 Å². The molecule has 0 saturated heterocycles. The largest absolute Gasteiger partial charge is 0.459 e. The molecule has 0 bridgehead atoms. The average molecular weight is 451 g/mol. The summed E-state index contributed by atoms with van der Waals surface area (Å²) in [5.74, 6) is -1.33. The first-order valence-electron chi connectivity index (χ1n) is 10.1. The number of fused-ring (bicyclic) bond motifs is 1. The number of rotatable bonds is 6. The van der Waals surface area contributed by atoms with Gasteiger partial charge in [0.25, 0.3) is 11.8 Å². The topological polar surface area (TPSA) is 88.9 Å². The van der Waals surface area contributed by atoms with Crippen molar-refractivity contribution in [3.8, 4) is 0 Å². The van der Waals surface area contributed by atoms with Crippen molar-refractivity contribution in [3.63, 3.8) is 0 Å². The van der Waals surface area contributed by atoms with Gasteiger partial charge in [-0.3, -0.25) is 9.59 Å². The minimum absolute atomic E-state index is 0.147. The van der Waals surface area contributed by atoms with Crippen LogP contribution in [0.15, 0.2) is 76.2 Å². The second-order valence-corrected chi connectivity index (χ2v) is 8.16. The lowest BCUT2D eigenvalue weighted by Crippen LogP contribution is -2.49. The maximum Gasteiger partial charge on any atom is 0.329 e. The summed E-state index contributed by atoms with van der Waals surface area (Å²) in [5.41, 5.74) is 2.55. The predicted octanol–water partition coefficient (Wildman–Crippen LogP) is 3.75. The molecule has 1 aliphatic heterocycles. The lowest BCUT2D eigenvalue weighted by molar-refractivity contribution is -0.152. The first-order valence-corrected chi connectivity index (χ1v) is 11.3. The van der Waals surface area contributed by atoms with Gasteiger partial charge in [0.15, 0.2) is 12.4 Å². The number of benzene rings is 2. The summed E-state index contributed by atoms with van der Waals surface area (Å²) < 4.78 is 10.5. The van der Waals surface area contributed by atoms with Crippen molar-refractivity contribution < 1.29 is 23.5 Å². The molecule has 32 heavy (non-hydrogen) atoms. The maximum absolute atomic E-state index is 13.0. The van der Waals surface area contributed by atoms with E-state index in [2.05, 4.69) is 5.32 Å². The fourth-order valence-electron chi connectivity index (χ4n) is 3.59. The summed E-state index contributed by atoms with van der Waals surface area (Å²) in [4.78, 5) is 40.6. The Labute approximate surface area is 189 Å². The third-order valence-electron chi connectivity index (χ3n) is 5.23. The van der Waals surface area contributed by atoms with Crippen molar-refractivity contribution in [3.05, 3.63) is 83.8 Å². The molecule has 0 radical (unpaired) electrons. The Morgan fingerprint density at radius 2 is 1.81 bits per heavy atom. The van der Waals surface area contributed by atoms with Gasteiger partial charge in [0, 0.05) is 23.5 Å². The number of hydrogen-bond acceptors (Lipinski definition) is 6. The van der Waals surface area contributed by atoms with E-state index in [1.165, 1.54) is 11.2 Å². The van der Waals surface area contributed by atoms with Crippen LogP contribution in [-0.4, -0.2) is 41.6 Å². The Hall–Kier alpha value is -3.52. The van der Waals surface area contributed by atoms with E-state index < -0.39 is 30.4 Å². The fourth-order valence-corrected chi connectivity index (χ4v) is 4.00. The molecule has 0 aliphatic carbocycles. The van der Waals surface area contributed by atoms with Crippen LogP contribution in [0.4, 0.5) is 5.69 Å². The number of carbonyl (C=O) groups is 3. The molecule has 4 rings (SSSR count). The van der Waals surface area contributed by atoms with E-state index in [1.807, 2.05) is 42.7 Å². The molecule has 0 unspecified atom stereocenters. The van der Waals surface area contributed by atoms with Crippen LogP contribution in [-0.2, 0) is 27.3 Å². The normalized spacial score (nSPS) is 15.0. The number of hydrogen-bond donors (Lipinski definition) is 1. The van der Waals surface area contributed by atoms with Gasteiger partial charge in [-0.1, -0.05) is 24.3 Å². The average Bonchev–Trinajstić information content (AvgIpc) is 3.37. The molecule has 0 spiro atoms. The van der Waals surface area contributed by atoms with Crippen LogP contribution in [0.5, 0.6) is 0 Å². The number of ether oxygens (including phenoxy) is 1. The van der Waals surface area contributed by atoms with Gasteiger partial charge in [-0.15, -0.1) is 11.8 Å². The first kappa shape index (κ1) is 21.7. The maximum atomic E-state index is 13.0. The van der Waals surface area contributed by atoms with E-state index in [0.717, 1.165) is 16.0 Å². The number of nitrogens with one attached hydrogen (secondary N) is 1. The smallest absolute Gasteiger partial charge is 0.329 e. The third-order valence-corrected chi connectivity index (χ3v) is 5.98. The molecule has 1 atom stereocenters. The Morgan fingerprint density at radius 3 is 2.50 bits per heavy atom. The zero-order valence-electron chi connectivity index (χ0n) is 17.4. The third kappa shape index (κ3) is 4.86. The molecule has 8 heteroatoms. The van der Waals surface area contributed by atoms with Gasteiger partial charge < -0.3 is 19.4 Å². The summed E-state index contributed by atoms with van der Waals surface area (Å²) in [6, 6.07) is 17.3. The number of carbonyl (C=O) groups excluding carboxylic acids is 3. The van der Waals surface area contributed by atoms with Crippen molar-refractivity contribution in [1.82, 2.24) is 4.90 Å². The number of thioether (sulfide) groups is 1. The highest BCUT2D eigenvalue weighted by molar-refractivity contribution is 7.98. The standard InChI is InChI=1S/C24H22N2O5S/c1-32-19-10-8-18(9-11-19)25-22(27)15-31-24(29)20-13-16-5-2-3-6-17(16)14-26(20)23(28)21-7-4-12-30-21/h2-12,20H,13-15H2,1H3,(H,25,27)/t20-/m0/s1. The molecule has 164 valence electrons. The molecule has 2 amide bonds. The second-order valence-electron chi connectivity index (χ2n) is 7.28. The second kappa shape index (κ2) is 9.74. The van der Waals surface area contributed by atoms with Crippen LogP contribution in [0.1, 0.15) is 21.7 Å². The van der Waals surface area contributed by atoms with E-state index >= 15 is 0 Å². The van der Waals surface area contributed by atoms with Gasteiger partial charge >= 0.3 is 5.97 Å². The van der Waals surface area contributed by atoms with Crippen molar-refractivity contribution in [2.45, 2.75) is 23.9 Å². The summed E-state index contributed by atoms with van der Waals surface area (Å²) in [5, 5.41) is 2.70. The van der Waals surface area contributed by atoms with Gasteiger partial charge in [0.05, 0.1) is 6.26 Å². The van der Waals surface area contributed by atoms with E-state index in [1.54, 1.807) is 36.0 Å². The molecular weight excluding hydrogens is 428 g/mol. The van der Waals surface area contributed by atoms with E-state index in [-0.39, 0.29) is 12.3 Å². The van der Waals surface area contributed by atoms with Crippen molar-refractivity contribution in [2.75, 3.05) is 18.2 Å². The van der Waals surface area contributed by atoms with Crippen LogP contribution in [0.3, 0.4) is 0 Å². The molecule has 0 fully saturated rings. The van der Waals surface area contributed by atoms with Gasteiger partial charge in [-0.25, -0.2) is 4.79 Å². The molecular formula is C24H22N2O5S. The highest BCUT2D eigenvalue weighted by atomic mass is 32.2. The molecule has 1 aromatic heterocycles. The van der Waals surface area contributed by atoms with Crippen LogP contribution in [0, 0.1) is 0 Å². The summed E-state index contributed by atoms with van der Waals surface area (Å²) in [6.45, 7) is -0.187. The Morgan fingerprint density at radius 1 is 1.06 bits per heavy atom. The minimum Gasteiger partial charge on any atom is -0.459 e. The van der Waals surface area contributed by atoms with E-state index in [0.29, 0.717) is 12.1 Å². The lowest BCUT2D eigenvalue weighted by Gasteiger charge is -2.34. The number of furan rings is 1. The highest BCUT2D eigenvalue weighted by Crippen LogP contribution is 2.26. The Balaban J connectivity index is 1.43. The van der Waals surface area contributed by atoms with Crippen molar-refractivity contribution >= 4 is 35.2 Å². The van der Waals surface area contributed by atoms with Crippen LogP contribution < -0.4 is 5.32 Å². The number of nitrogens with zero attached hydrogens (tertiary/aromatic N) is 1. The minimum atomic E-state index is -0.851. The number of anilines is 1. The van der Waals surface area contributed by atoms with Gasteiger partial charge in [-0.05, 0) is 53.8 Å². The quantitative estimate of drug-likeness (QED) is 0.455. The van der Waals surface area contributed by atoms with Crippen LogP contribution in [0.2, 0.25) is 0 Å². The molecule has 0 saturated carbocycles. The number of amides is 2. The molecule has 3 aromatic rings. The summed E-state index contributed by atoms with van der Waals surface area (Å²) in [7, 11) is 0. The van der Waals surface area contributed by atoms with Crippen molar-refractivity contribution in [2.24, 2.45) is 0 Å². The predicted molar refractivity (Wildman–Crippen MR) is 120 cm³/mol. The molecule has 1 N–H and O–H groups in total. The molecule has 2 aromatic carbocycles. The summed E-state index contributed by atoms with van der Waals surface area (Å²) in [6.07, 6.45) is 3.68. The SMILES string of the molecule is CSc1ccc(NC(=O)COC(=O)[C@@H]2Cc3ccccc3CN2C(=O)c2ccco2)cc1. The van der Waals surface area contributed by atoms with Crippen LogP contribution in [0.25, 0.3) is 0 Å². The Bertz CT molecular complexity index is 1110. The van der Waals surface area contributed by atoms with Crippen LogP contribution >= 0.6 is 11.8 Å².